The Morgan fingerprint density at radius 2 is 2.22 bits per heavy atom. The maximum atomic E-state index is 11.5. The van der Waals surface area contributed by atoms with Gasteiger partial charge in [-0.2, -0.15) is 0 Å². The van der Waals surface area contributed by atoms with Crippen LogP contribution in [0.5, 0.6) is 0 Å². The first kappa shape index (κ1) is 13.4. The molecule has 0 aromatic heterocycles. The summed E-state index contributed by atoms with van der Waals surface area (Å²) in [6.45, 7) is 0. The maximum Gasteiger partial charge on any atom is 0.339 e. The van der Waals surface area contributed by atoms with E-state index in [4.69, 9.17) is 10.5 Å². The second kappa shape index (κ2) is 5.74. The van der Waals surface area contributed by atoms with E-state index < -0.39 is 0 Å². The van der Waals surface area contributed by atoms with Gasteiger partial charge >= 0.3 is 5.97 Å². The minimum atomic E-state index is -0.374. The molecule has 2 atom stereocenters. The van der Waals surface area contributed by atoms with Gasteiger partial charge in [0.05, 0.1) is 12.7 Å². The molecule has 1 saturated carbocycles. The van der Waals surface area contributed by atoms with E-state index in [1.807, 2.05) is 12.1 Å². The fourth-order valence-corrected chi connectivity index (χ4v) is 3.34. The van der Waals surface area contributed by atoms with Crippen LogP contribution in [-0.2, 0) is 4.74 Å². The molecule has 2 N–H and O–H groups in total. The molecule has 1 aromatic rings. The molecule has 0 radical (unpaired) electrons. The van der Waals surface area contributed by atoms with Gasteiger partial charge < -0.3 is 10.5 Å². The van der Waals surface area contributed by atoms with Crippen LogP contribution in [-0.4, -0.2) is 17.9 Å². The van der Waals surface area contributed by atoms with Crippen LogP contribution in [0, 0.1) is 0 Å². The van der Waals surface area contributed by atoms with E-state index in [0.717, 1.165) is 6.42 Å². The van der Waals surface area contributed by atoms with E-state index in [2.05, 4.69) is 15.9 Å². The number of carbonyl (C=O) groups excluding carboxylic acids is 1. The number of hydrogen-bond donors (Lipinski definition) is 1. The number of ether oxygens (including phenoxy) is 1. The van der Waals surface area contributed by atoms with Crippen LogP contribution in [0.15, 0.2) is 18.2 Å². The monoisotopic (exact) mass is 311 g/mol. The number of nitrogens with two attached hydrogens (primary N) is 1. The van der Waals surface area contributed by atoms with Crippen molar-refractivity contribution in [1.82, 2.24) is 0 Å². The number of alkyl halides is 1. The van der Waals surface area contributed by atoms with Crippen molar-refractivity contribution in [2.45, 2.75) is 36.4 Å². The van der Waals surface area contributed by atoms with Gasteiger partial charge in [-0.3, -0.25) is 0 Å². The fourth-order valence-electron chi connectivity index (χ4n) is 2.56. The molecule has 0 aliphatic heterocycles. The Morgan fingerprint density at radius 3 is 2.83 bits per heavy atom. The highest BCUT2D eigenvalue weighted by Crippen LogP contribution is 2.36. The SMILES string of the molecule is COC(=O)c1ccc(C2CCCC(Br)C2)cc1N. The number of anilines is 1. The predicted molar refractivity (Wildman–Crippen MR) is 76.1 cm³/mol. The molecule has 0 heterocycles. The lowest BCUT2D eigenvalue weighted by Crippen LogP contribution is -2.14. The van der Waals surface area contributed by atoms with Gasteiger partial charge in [-0.15, -0.1) is 0 Å². The first-order chi connectivity index (χ1) is 8.61. The number of hydrogen-bond acceptors (Lipinski definition) is 3. The van der Waals surface area contributed by atoms with Crippen molar-refractivity contribution in [3.05, 3.63) is 29.3 Å². The molecule has 2 rings (SSSR count). The van der Waals surface area contributed by atoms with Crippen LogP contribution in [0.2, 0.25) is 0 Å². The highest BCUT2D eigenvalue weighted by molar-refractivity contribution is 9.09. The Morgan fingerprint density at radius 1 is 1.44 bits per heavy atom. The summed E-state index contributed by atoms with van der Waals surface area (Å²) in [5, 5.41) is 0. The highest BCUT2D eigenvalue weighted by Gasteiger charge is 2.22. The highest BCUT2D eigenvalue weighted by atomic mass is 79.9. The Balaban J connectivity index is 2.20. The van der Waals surface area contributed by atoms with E-state index in [1.54, 1.807) is 6.07 Å². The van der Waals surface area contributed by atoms with Gasteiger partial charge in [-0.1, -0.05) is 28.4 Å². The van der Waals surface area contributed by atoms with Crippen LogP contribution < -0.4 is 5.73 Å². The lowest BCUT2D eigenvalue weighted by molar-refractivity contribution is 0.0602. The van der Waals surface area contributed by atoms with Crippen LogP contribution in [0.1, 0.15) is 47.5 Å². The number of methoxy groups -OCH3 is 1. The summed E-state index contributed by atoms with van der Waals surface area (Å²) in [7, 11) is 1.37. The number of benzene rings is 1. The first-order valence-corrected chi connectivity index (χ1v) is 7.15. The van der Waals surface area contributed by atoms with E-state index in [0.29, 0.717) is 22.0 Å². The molecule has 98 valence electrons. The summed E-state index contributed by atoms with van der Waals surface area (Å²) in [4.78, 5) is 12.1. The van der Waals surface area contributed by atoms with Gasteiger partial charge in [-0.05, 0) is 42.9 Å². The van der Waals surface area contributed by atoms with Crippen molar-refractivity contribution in [3.8, 4) is 0 Å². The number of esters is 1. The molecular weight excluding hydrogens is 294 g/mol. The lowest BCUT2D eigenvalue weighted by Gasteiger charge is -2.26. The summed E-state index contributed by atoms with van der Waals surface area (Å²) >= 11 is 3.69. The average molecular weight is 312 g/mol. The van der Waals surface area contributed by atoms with Gasteiger partial charge in [0.25, 0.3) is 0 Å². The average Bonchev–Trinajstić information content (AvgIpc) is 2.37. The molecule has 4 heteroatoms. The van der Waals surface area contributed by atoms with Crippen molar-refractivity contribution >= 4 is 27.6 Å². The van der Waals surface area contributed by atoms with E-state index >= 15 is 0 Å². The lowest BCUT2D eigenvalue weighted by atomic mass is 9.83. The molecule has 1 aliphatic rings. The molecule has 0 amide bonds. The zero-order valence-electron chi connectivity index (χ0n) is 10.5. The minimum absolute atomic E-state index is 0.374. The fraction of sp³-hybridized carbons (Fsp3) is 0.500. The summed E-state index contributed by atoms with van der Waals surface area (Å²) in [5.41, 5.74) is 8.11. The van der Waals surface area contributed by atoms with Gasteiger partial charge in [0, 0.05) is 10.5 Å². The molecule has 2 unspecified atom stereocenters. The summed E-state index contributed by atoms with van der Waals surface area (Å²) in [6, 6.07) is 5.69. The molecule has 1 aromatic carbocycles. The smallest absolute Gasteiger partial charge is 0.339 e. The van der Waals surface area contributed by atoms with Crippen LogP contribution in [0.25, 0.3) is 0 Å². The van der Waals surface area contributed by atoms with Crippen molar-refractivity contribution in [2.24, 2.45) is 0 Å². The Labute approximate surface area is 116 Å². The first-order valence-electron chi connectivity index (χ1n) is 6.23. The van der Waals surface area contributed by atoms with Crippen molar-refractivity contribution in [2.75, 3.05) is 12.8 Å². The van der Waals surface area contributed by atoms with Crippen LogP contribution in [0.4, 0.5) is 5.69 Å². The predicted octanol–water partition coefficient (Wildman–Crippen LogP) is 3.48. The molecule has 0 saturated heterocycles. The zero-order valence-corrected chi connectivity index (χ0v) is 12.1. The van der Waals surface area contributed by atoms with Crippen LogP contribution >= 0.6 is 15.9 Å². The third kappa shape index (κ3) is 2.86. The maximum absolute atomic E-state index is 11.5. The molecule has 0 spiro atoms. The van der Waals surface area contributed by atoms with Gasteiger partial charge in [-0.25, -0.2) is 4.79 Å². The number of halogens is 1. The minimum Gasteiger partial charge on any atom is -0.465 e. The number of nitrogen functional groups attached to an aromatic ring is 1. The second-order valence-electron chi connectivity index (χ2n) is 4.80. The summed E-state index contributed by atoms with van der Waals surface area (Å²) in [5.74, 6) is 0.165. The molecule has 1 fully saturated rings. The van der Waals surface area contributed by atoms with Crippen molar-refractivity contribution in [3.63, 3.8) is 0 Å². The van der Waals surface area contributed by atoms with Crippen molar-refractivity contribution in [1.29, 1.82) is 0 Å². The quantitative estimate of drug-likeness (QED) is 0.517. The van der Waals surface area contributed by atoms with Gasteiger partial charge in [0.1, 0.15) is 0 Å². The molecular formula is C14H18BrNO2. The number of carbonyl (C=O) groups is 1. The van der Waals surface area contributed by atoms with E-state index in [-0.39, 0.29) is 5.97 Å². The van der Waals surface area contributed by atoms with Crippen LogP contribution in [0.3, 0.4) is 0 Å². The third-order valence-electron chi connectivity index (χ3n) is 3.56. The van der Waals surface area contributed by atoms with Gasteiger partial charge in [0.15, 0.2) is 0 Å². The topological polar surface area (TPSA) is 52.3 Å². The Hall–Kier alpha value is -1.03. The zero-order chi connectivity index (χ0) is 13.1. The standard InChI is InChI=1S/C14H18BrNO2/c1-18-14(17)12-6-5-10(8-13(12)16)9-3-2-4-11(15)7-9/h5-6,8-9,11H,2-4,7,16H2,1H3. The Kier molecular flexibility index (Phi) is 4.27. The largest absolute Gasteiger partial charge is 0.465 e. The molecule has 18 heavy (non-hydrogen) atoms. The van der Waals surface area contributed by atoms with E-state index in [1.165, 1.54) is 31.9 Å². The second-order valence-corrected chi connectivity index (χ2v) is 6.09. The van der Waals surface area contributed by atoms with E-state index in [9.17, 15) is 4.79 Å². The van der Waals surface area contributed by atoms with Gasteiger partial charge in [0.2, 0.25) is 0 Å². The Bertz CT molecular complexity index is 447. The molecule has 0 bridgehead atoms. The third-order valence-corrected chi connectivity index (χ3v) is 4.39. The number of rotatable bonds is 2. The summed E-state index contributed by atoms with van der Waals surface area (Å²) < 4.78 is 4.69. The normalized spacial score (nSPS) is 23.7. The molecule has 1 aliphatic carbocycles. The van der Waals surface area contributed by atoms with Crippen molar-refractivity contribution < 1.29 is 9.53 Å². The summed E-state index contributed by atoms with van der Waals surface area (Å²) in [6.07, 6.45) is 4.81. The molecule has 3 nitrogen and oxygen atoms in total.